The minimum absolute atomic E-state index is 0.185. The standard InChI is InChI=1S/C11H14BrN5O/c1-3-17-5-4-9(15-17)11(18)13-7-10-8(12)6-14-16(10)2/h4-6H,3,7H2,1-2H3,(H,13,18). The van der Waals surface area contributed by atoms with Crippen LogP contribution in [-0.4, -0.2) is 25.5 Å². The van der Waals surface area contributed by atoms with Crippen molar-refractivity contribution in [2.45, 2.75) is 20.0 Å². The van der Waals surface area contributed by atoms with Gasteiger partial charge in [0, 0.05) is 19.8 Å². The van der Waals surface area contributed by atoms with Crippen molar-refractivity contribution in [2.24, 2.45) is 7.05 Å². The Hall–Kier alpha value is -1.63. The minimum Gasteiger partial charge on any atom is -0.345 e. The minimum atomic E-state index is -0.185. The monoisotopic (exact) mass is 311 g/mol. The third kappa shape index (κ3) is 2.61. The maximum Gasteiger partial charge on any atom is 0.272 e. The van der Waals surface area contributed by atoms with E-state index in [0.717, 1.165) is 16.7 Å². The average Bonchev–Trinajstić information content (AvgIpc) is 2.95. The fourth-order valence-electron chi connectivity index (χ4n) is 1.55. The molecule has 2 heterocycles. The first kappa shape index (κ1) is 12.8. The lowest BCUT2D eigenvalue weighted by atomic mass is 10.3. The van der Waals surface area contributed by atoms with E-state index >= 15 is 0 Å². The van der Waals surface area contributed by atoms with Crippen molar-refractivity contribution in [2.75, 3.05) is 0 Å². The molecule has 2 aromatic heterocycles. The van der Waals surface area contributed by atoms with Crippen LogP contribution < -0.4 is 5.32 Å². The number of nitrogens with one attached hydrogen (secondary N) is 1. The van der Waals surface area contributed by atoms with Gasteiger partial charge < -0.3 is 5.32 Å². The van der Waals surface area contributed by atoms with Gasteiger partial charge in [0.1, 0.15) is 5.69 Å². The van der Waals surface area contributed by atoms with Gasteiger partial charge in [-0.25, -0.2) is 0 Å². The summed E-state index contributed by atoms with van der Waals surface area (Å²) >= 11 is 3.38. The van der Waals surface area contributed by atoms with Crippen LogP contribution in [0.4, 0.5) is 0 Å². The van der Waals surface area contributed by atoms with Gasteiger partial charge in [-0.15, -0.1) is 0 Å². The molecule has 0 aromatic carbocycles. The Labute approximate surface area is 113 Å². The van der Waals surface area contributed by atoms with Crippen LogP contribution in [0.25, 0.3) is 0 Å². The van der Waals surface area contributed by atoms with Gasteiger partial charge in [0.05, 0.1) is 22.9 Å². The van der Waals surface area contributed by atoms with Crippen molar-refractivity contribution < 1.29 is 4.79 Å². The highest BCUT2D eigenvalue weighted by Gasteiger charge is 2.11. The number of aromatic nitrogens is 4. The molecule has 1 N–H and O–H groups in total. The van der Waals surface area contributed by atoms with Crippen molar-refractivity contribution in [3.8, 4) is 0 Å². The van der Waals surface area contributed by atoms with Gasteiger partial charge in [0.2, 0.25) is 0 Å². The summed E-state index contributed by atoms with van der Waals surface area (Å²) in [5, 5.41) is 11.0. The highest BCUT2D eigenvalue weighted by atomic mass is 79.9. The zero-order chi connectivity index (χ0) is 13.1. The zero-order valence-electron chi connectivity index (χ0n) is 10.2. The van der Waals surface area contributed by atoms with Crippen LogP contribution in [0.3, 0.4) is 0 Å². The molecule has 18 heavy (non-hydrogen) atoms. The molecule has 2 aromatic rings. The number of halogens is 1. The van der Waals surface area contributed by atoms with Gasteiger partial charge in [-0.3, -0.25) is 14.2 Å². The van der Waals surface area contributed by atoms with Crippen molar-refractivity contribution in [3.63, 3.8) is 0 Å². The van der Waals surface area contributed by atoms with E-state index in [9.17, 15) is 4.79 Å². The number of hydrogen-bond acceptors (Lipinski definition) is 3. The summed E-state index contributed by atoms with van der Waals surface area (Å²) in [4.78, 5) is 11.9. The third-order valence-corrected chi connectivity index (χ3v) is 3.29. The summed E-state index contributed by atoms with van der Waals surface area (Å²) in [6, 6.07) is 1.71. The quantitative estimate of drug-likeness (QED) is 0.926. The van der Waals surface area contributed by atoms with Crippen LogP contribution >= 0.6 is 15.9 Å². The van der Waals surface area contributed by atoms with E-state index in [4.69, 9.17) is 0 Å². The van der Waals surface area contributed by atoms with Crippen molar-refractivity contribution in [1.82, 2.24) is 24.9 Å². The Kier molecular flexibility index (Phi) is 3.81. The SMILES string of the molecule is CCn1ccc(C(=O)NCc2c(Br)cnn2C)n1. The maximum atomic E-state index is 11.9. The molecular weight excluding hydrogens is 298 g/mol. The molecule has 0 bridgehead atoms. The first-order valence-electron chi connectivity index (χ1n) is 5.60. The summed E-state index contributed by atoms with van der Waals surface area (Å²) in [6.45, 7) is 3.14. The Balaban J connectivity index is 2.00. The fraction of sp³-hybridized carbons (Fsp3) is 0.364. The highest BCUT2D eigenvalue weighted by molar-refractivity contribution is 9.10. The average molecular weight is 312 g/mol. The topological polar surface area (TPSA) is 64.7 Å². The summed E-state index contributed by atoms with van der Waals surface area (Å²) in [6.07, 6.45) is 3.49. The van der Waals surface area contributed by atoms with Gasteiger partial charge in [0.25, 0.3) is 5.91 Å². The number of aryl methyl sites for hydroxylation is 2. The summed E-state index contributed by atoms with van der Waals surface area (Å²) < 4.78 is 4.31. The number of carbonyl (C=O) groups excluding carboxylic acids is 1. The molecule has 0 unspecified atom stereocenters. The second-order valence-electron chi connectivity index (χ2n) is 3.80. The molecule has 2 rings (SSSR count). The lowest BCUT2D eigenvalue weighted by Gasteiger charge is -2.04. The molecule has 0 saturated heterocycles. The lowest BCUT2D eigenvalue weighted by molar-refractivity contribution is 0.0944. The smallest absolute Gasteiger partial charge is 0.272 e. The molecule has 0 radical (unpaired) electrons. The van der Waals surface area contributed by atoms with Gasteiger partial charge in [-0.05, 0) is 28.9 Å². The molecule has 0 aliphatic heterocycles. The Bertz CT molecular complexity index is 540. The van der Waals surface area contributed by atoms with Gasteiger partial charge in [-0.2, -0.15) is 10.2 Å². The molecule has 6 nitrogen and oxygen atoms in total. The van der Waals surface area contributed by atoms with Crippen LogP contribution in [0.1, 0.15) is 23.1 Å². The van der Waals surface area contributed by atoms with E-state index in [1.165, 1.54) is 0 Å². The largest absolute Gasteiger partial charge is 0.345 e. The Morgan fingerprint density at radius 3 is 2.89 bits per heavy atom. The van der Waals surface area contributed by atoms with Crippen molar-refractivity contribution in [3.05, 3.63) is 34.3 Å². The van der Waals surface area contributed by atoms with Crippen molar-refractivity contribution in [1.29, 1.82) is 0 Å². The molecule has 96 valence electrons. The van der Waals surface area contributed by atoms with E-state index < -0.39 is 0 Å². The first-order valence-corrected chi connectivity index (χ1v) is 6.39. The van der Waals surface area contributed by atoms with E-state index in [1.54, 1.807) is 27.8 Å². The predicted molar refractivity (Wildman–Crippen MR) is 70.0 cm³/mol. The van der Waals surface area contributed by atoms with Crippen LogP contribution in [0, 0.1) is 0 Å². The van der Waals surface area contributed by atoms with E-state index in [2.05, 4.69) is 31.4 Å². The number of carbonyl (C=O) groups is 1. The first-order chi connectivity index (χ1) is 8.61. The maximum absolute atomic E-state index is 11.9. The second kappa shape index (κ2) is 5.34. The number of nitrogens with zero attached hydrogens (tertiary/aromatic N) is 4. The molecule has 0 spiro atoms. The third-order valence-electron chi connectivity index (χ3n) is 2.62. The molecule has 1 amide bonds. The van der Waals surface area contributed by atoms with Crippen LogP contribution in [-0.2, 0) is 20.1 Å². The molecule has 0 fully saturated rings. The fourth-order valence-corrected chi connectivity index (χ4v) is 2.04. The molecular formula is C11H14BrN5O. The van der Waals surface area contributed by atoms with Crippen molar-refractivity contribution >= 4 is 21.8 Å². The number of hydrogen-bond donors (Lipinski definition) is 1. The number of amides is 1. The van der Waals surface area contributed by atoms with Crippen LogP contribution in [0.15, 0.2) is 22.9 Å². The van der Waals surface area contributed by atoms with E-state index in [1.807, 2.05) is 14.0 Å². The van der Waals surface area contributed by atoms with E-state index in [-0.39, 0.29) is 5.91 Å². The molecule has 0 atom stereocenters. The summed E-state index contributed by atoms with van der Waals surface area (Å²) in [5.41, 5.74) is 1.34. The Morgan fingerprint density at radius 1 is 1.56 bits per heavy atom. The number of rotatable bonds is 4. The molecule has 0 saturated carbocycles. The molecule has 0 aliphatic carbocycles. The van der Waals surface area contributed by atoms with Crippen LogP contribution in [0.2, 0.25) is 0 Å². The van der Waals surface area contributed by atoms with Gasteiger partial charge >= 0.3 is 0 Å². The van der Waals surface area contributed by atoms with Gasteiger partial charge in [-0.1, -0.05) is 0 Å². The zero-order valence-corrected chi connectivity index (χ0v) is 11.8. The summed E-state index contributed by atoms with van der Waals surface area (Å²) in [5.74, 6) is -0.185. The summed E-state index contributed by atoms with van der Waals surface area (Å²) in [7, 11) is 1.83. The second-order valence-corrected chi connectivity index (χ2v) is 4.66. The predicted octanol–water partition coefficient (Wildman–Crippen LogP) is 1.33. The lowest BCUT2D eigenvalue weighted by Crippen LogP contribution is -2.24. The Morgan fingerprint density at radius 2 is 2.33 bits per heavy atom. The van der Waals surface area contributed by atoms with E-state index in [0.29, 0.717) is 12.2 Å². The molecule has 0 aliphatic rings. The highest BCUT2D eigenvalue weighted by Crippen LogP contribution is 2.14. The van der Waals surface area contributed by atoms with Gasteiger partial charge in [0.15, 0.2) is 0 Å². The molecule has 7 heteroatoms. The normalized spacial score (nSPS) is 10.6. The van der Waals surface area contributed by atoms with Crippen LogP contribution in [0.5, 0.6) is 0 Å².